The van der Waals surface area contributed by atoms with Crippen molar-refractivity contribution in [1.29, 1.82) is 0 Å². The van der Waals surface area contributed by atoms with Crippen molar-refractivity contribution in [2.75, 3.05) is 24.6 Å². The van der Waals surface area contributed by atoms with Crippen LogP contribution in [0.1, 0.15) is 33.6 Å². The van der Waals surface area contributed by atoms with E-state index in [1.54, 1.807) is 0 Å². The van der Waals surface area contributed by atoms with Crippen molar-refractivity contribution < 1.29 is 4.79 Å². The molecule has 0 radical (unpaired) electrons. The summed E-state index contributed by atoms with van der Waals surface area (Å²) in [6, 6.07) is 0.457. The van der Waals surface area contributed by atoms with Gasteiger partial charge in [-0.25, -0.2) is 0 Å². The molecule has 0 spiro atoms. The molecule has 0 saturated carbocycles. The molecule has 0 aromatic carbocycles. The molecule has 1 amide bonds. The zero-order valence-electron chi connectivity index (χ0n) is 10.6. The second-order valence-corrected chi connectivity index (χ2v) is 6.25. The first kappa shape index (κ1) is 13.8. The lowest BCUT2D eigenvalue weighted by Gasteiger charge is -2.38. The molecule has 0 aromatic heterocycles. The van der Waals surface area contributed by atoms with E-state index >= 15 is 0 Å². The van der Waals surface area contributed by atoms with Gasteiger partial charge in [-0.3, -0.25) is 4.79 Å². The molecular weight excluding hydrogens is 220 g/mol. The fourth-order valence-electron chi connectivity index (χ4n) is 1.81. The van der Waals surface area contributed by atoms with Crippen LogP contribution in [0.5, 0.6) is 0 Å². The Kier molecular flexibility index (Phi) is 5.62. The first-order valence-corrected chi connectivity index (χ1v) is 7.29. The van der Waals surface area contributed by atoms with Crippen LogP contribution < -0.4 is 10.6 Å². The second-order valence-electron chi connectivity index (χ2n) is 5.10. The Hall–Kier alpha value is -0.220. The third-order valence-corrected chi connectivity index (χ3v) is 4.26. The maximum absolute atomic E-state index is 11.5. The molecule has 16 heavy (non-hydrogen) atoms. The van der Waals surface area contributed by atoms with Crippen LogP contribution in [-0.2, 0) is 4.79 Å². The summed E-state index contributed by atoms with van der Waals surface area (Å²) in [5, 5.41) is 6.28. The average molecular weight is 244 g/mol. The number of carbonyl (C=O) groups excluding carboxylic acids is 1. The van der Waals surface area contributed by atoms with E-state index in [0.717, 1.165) is 18.7 Å². The number of hydrogen-bond donors (Lipinski definition) is 2. The lowest BCUT2D eigenvalue weighted by molar-refractivity contribution is -0.120. The Morgan fingerprint density at radius 3 is 2.88 bits per heavy atom. The minimum absolute atomic E-state index is 0.119. The molecule has 2 N–H and O–H groups in total. The lowest BCUT2D eigenvalue weighted by atomic mass is 9.82. The van der Waals surface area contributed by atoms with Crippen LogP contribution in [0, 0.1) is 5.41 Å². The summed E-state index contributed by atoms with van der Waals surface area (Å²) >= 11 is 1.98. The summed E-state index contributed by atoms with van der Waals surface area (Å²) in [6.45, 7) is 7.87. The van der Waals surface area contributed by atoms with Gasteiger partial charge in [-0.15, -0.1) is 0 Å². The number of thioether (sulfide) groups is 1. The van der Waals surface area contributed by atoms with E-state index in [9.17, 15) is 4.79 Å². The average Bonchev–Trinajstić information content (AvgIpc) is 2.24. The van der Waals surface area contributed by atoms with Crippen molar-refractivity contribution in [3.63, 3.8) is 0 Å². The minimum Gasteiger partial charge on any atom is -0.355 e. The molecule has 1 rings (SSSR count). The van der Waals surface area contributed by atoms with Gasteiger partial charge in [0.15, 0.2) is 0 Å². The van der Waals surface area contributed by atoms with Gasteiger partial charge < -0.3 is 10.6 Å². The van der Waals surface area contributed by atoms with Crippen LogP contribution in [0.25, 0.3) is 0 Å². The van der Waals surface area contributed by atoms with E-state index in [1.165, 1.54) is 12.2 Å². The van der Waals surface area contributed by atoms with E-state index in [0.29, 0.717) is 18.0 Å². The Morgan fingerprint density at radius 2 is 2.25 bits per heavy atom. The van der Waals surface area contributed by atoms with Gasteiger partial charge in [-0.1, -0.05) is 20.8 Å². The zero-order valence-corrected chi connectivity index (χ0v) is 11.5. The molecule has 1 atom stereocenters. The van der Waals surface area contributed by atoms with Gasteiger partial charge in [0.1, 0.15) is 0 Å². The standard InChI is InChI=1S/C12H24N2OS/c1-4-6-13-11(15)8-14-10-9-16-7-5-12(10,2)3/h10,14H,4-9H2,1-3H3,(H,13,15). The van der Waals surface area contributed by atoms with Crippen LogP contribution in [-0.4, -0.2) is 36.5 Å². The van der Waals surface area contributed by atoms with Gasteiger partial charge in [0.2, 0.25) is 5.91 Å². The fraction of sp³-hybridized carbons (Fsp3) is 0.917. The summed E-state index contributed by atoms with van der Waals surface area (Å²) < 4.78 is 0. The molecule has 0 aliphatic carbocycles. The molecule has 1 unspecified atom stereocenters. The lowest BCUT2D eigenvalue weighted by Crippen LogP contribution is -2.49. The van der Waals surface area contributed by atoms with Gasteiger partial charge >= 0.3 is 0 Å². The SMILES string of the molecule is CCCNC(=O)CNC1CSCCC1(C)C. The molecule has 0 bridgehead atoms. The Bertz CT molecular complexity index is 231. The van der Waals surface area contributed by atoms with Crippen molar-refractivity contribution in [2.24, 2.45) is 5.41 Å². The number of nitrogens with one attached hydrogen (secondary N) is 2. The van der Waals surface area contributed by atoms with E-state index in [2.05, 4.69) is 31.4 Å². The number of rotatable bonds is 5. The number of hydrogen-bond acceptors (Lipinski definition) is 3. The molecular formula is C12H24N2OS. The fourth-order valence-corrected chi connectivity index (χ4v) is 3.46. The number of carbonyl (C=O) groups is 1. The van der Waals surface area contributed by atoms with E-state index < -0.39 is 0 Å². The molecule has 4 heteroatoms. The summed E-state index contributed by atoms with van der Waals surface area (Å²) in [4.78, 5) is 11.5. The third kappa shape index (κ3) is 4.34. The molecule has 94 valence electrons. The summed E-state index contributed by atoms with van der Waals surface area (Å²) in [6.07, 6.45) is 2.22. The summed E-state index contributed by atoms with van der Waals surface area (Å²) in [5.41, 5.74) is 0.316. The number of amides is 1. The molecule has 1 aliphatic heterocycles. The van der Waals surface area contributed by atoms with Gasteiger partial charge in [0.25, 0.3) is 0 Å². The van der Waals surface area contributed by atoms with Crippen molar-refractivity contribution in [3.8, 4) is 0 Å². The molecule has 1 heterocycles. The van der Waals surface area contributed by atoms with Crippen LogP contribution in [0.4, 0.5) is 0 Å². The highest BCUT2D eigenvalue weighted by Crippen LogP contribution is 2.33. The highest BCUT2D eigenvalue weighted by molar-refractivity contribution is 7.99. The highest BCUT2D eigenvalue weighted by Gasteiger charge is 2.32. The van der Waals surface area contributed by atoms with Crippen LogP contribution >= 0.6 is 11.8 Å². The Labute approximate surface area is 103 Å². The van der Waals surface area contributed by atoms with Gasteiger partial charge in [0.05, 0.1) is 6.54 Å². The van der Waals surface area contributed by atoms with Gasteiger partial charge in [-0.2, -0.15) is 11.8 Å². The topological polar surface area (TPSA) is 41.1 Å². The predicted molar refractivity (Wildman–Crippen MR) is 70.8 cm³/mol. The highest BCUT2D eigenvalue weighted by atomic mass is 32.2. The summed E-state index contributed by atoms with van der Waals surface area (Å²) in [5.74, 6) is 2.48. The minimum atomic E-state index is 0.119. The predicted octanol–water partition coefficient (Wildman–Crippen LogP) is 1.63. The van der Waals surface area contributed by atoms with Crippen molar-refractivity contribution in [3.05, 3.63) is 0 Å². The van der Waals surface area contributed by atoms with Crippen LogP contribution in [0.2, 0.25) is 0 Å². The second kappa shape index (κ2) is 6.50. The Balaban J connectivity index is 2.27. The smallest absolute Gasteiger partial charge is 0.233 e. The molecule has 3 nitrogen and oxygen atoms in total. The van der Waals surface area contributed by atoms with Crippen molar-refractivity contribution in [2.45, 2.75) is 39.7 Å². The van der Waals surface area contributed by atoms with E-state index in [4.69, 9.17) is 0 Å². The van der Waals surface area contributed by atoms with E-state index in [1.807, 2.05) is 11.8 Å². The summed E-state index contributed by atoms with van der Waals surface area (Å²) in [7, 11) is 0. The van der Waals surface area contributed by atoms with Crippen LogP contribution in [0.3, 0.4) is 0 Å². The van der Waals surface area contributed by atoms with Crippen LogP contribution in [0.15, 0.2) is 0 Å². The Morgan fingerprint density at radius 1 is 1.50 bits per heavy atom. The molecule has 1 aliphatic rings. The largest absolute Gasteiger partial charge is 0.355 e. The van der Waals surface area contributed by atoms with E-state index in [-0.39, 0.29) is 5.91 Å². The maximum atomic E-state index is 11.5. The van der Waals surface area contributed by atoms with Gasteiger partial charge in [0, 0.05) is 18.3 Å². The maximum Gasteiger partial charge on any atom is 0.233 e. The first-order chi connectivity index (χ1) is 7.56. The molecule has 0 aromatic rings. The van der Waals surface area contributed by atoms with Gasteiger partial charge in [-0.05, 0) is 24.0 Å². The third-order valence-electron chi connectivity index (χ3n) is 3.20. The normalized spacial score (nSPS) is 24.1. The first-order valence-electron chi connectivity index (χ1n) is 6.14. The molecule has 1 saturated heterocycles. The monoisotopic (exact) mass is 244 g/mol. The molecule has 1 fully saturated rings. The van der Waals surface area contributed by atoms with Crippen molar-refractivity contribution in [1.82, 2.24) is 10.6 Å². The quantitative estimate of drug-likeness (QED) is 0.772. The zero-order chi connectivity index (χ0) is 12.0. The van der Waals surface area contributed by atoms with Crippen molar-refractivity contribution >= 4 is 17.7 Å².